The Kier molecular flexibility index (Phi) is 5.14. The van der Waals surface area contributed by atoms with Gasteiger partial charge in [-0.1, -0.05) is 11.6 Å². The van der Waals surface area contributed by atoms with Gasteiger partial charge in [-0.15, -0.1) is 0 Å². The highest BCUT2D eigenvalue weighted by Gasteiger charge is 2.45. The maximum atomic E-state index is 13.2. The van der Waals surface area contributed by atoms with Crippen molar-refractivity contribution in [3.8, 4) is 0 Å². The van der Waals surface area contributed by atoms with Crippen LogP contribution in [-0.2, 0) is 4.74 Å². The van der Waals surface area contributed by atoms with Crippen molar-refractivity contribution >= 4 is 29.2 Å². The molecule has 0 fully saturated rings. The molecule has 1 N–H and O–H groups in total. The number of hydrogen-bond donors (Lipinski definition) is 1. The van der Waals surface area contributed by atoms with Gasteiger partial charge in [0, 0.05) is 22.7 Å². The molecule has 1 aromatic carbocycles. The van der Waals surface area contributed by atoms with E-state index < -0.39 is 36.6 Å². The van der Waals surface area contributed by atoms with Crippen LogP contribution in [0.4, 0.5) is 19.0 Å². The van der Waals surface area contributed by atoms with Crippen LogP contribution in [-0.4, -0.2) is 40.4 Å². The summed E-state index contributed by atoms with van der Waals surface area (Å²) in [7, 11) is 0. The summed E-state index contributed by atoms with van der Waals surface area (Å²) in [6.45, 7) is 1.05. The van der Waals surface area contributed by atoms with Gasteiger partial charge in [0.05, 0.1) is 0 Å². The number of Topliss-reactive ketones (excluding diaryl/α,β-unsaturated/α-hetero) is 1. The summed E-state index contributed by atoms with van der Waals surface area (Å²) in [5.74, 6) is -1.37. The Balaban J connectivity index is 1.71. The number of carbonyl (C=O) groups is 2. The molecule has 0 spiro atoms. The van der Waals surface area contributed by atoms with Gasteiger partial charge in [0.25, 0.3) is 0 Å². The third kappa shape index (κ3) is 4.24. The van der Waals surface area contributed by atoms with E-state index in [9.17, 15) is 22.8 Å². The molecule has 2 aromatic rings. The van der Waals surface area contributed by atoms with Crippen molar-refractivity contribution in [2.45, 2.75) is 31.6 Å². The topological polar surface area (TPSA) is 73.2 Å². The first kappa shape index (κ1) is 19.2. The fourth-order valence-electron chi connectivity index (χ4n) is 2.78. The van der Waals surface area contributed by atoms with E-state index in [-0.39, 0.29) is 17.9 Å². The lowest BCUT2D eigenvalue weighted by molar-refractivity contribution is -0.173. The predicted octanol–water partition coefficient (Wildman–Crippen LogP) is 3.88. The number of ketones is 1. The molecular formula is C17H15ClF3N3O3. The lowest BCUT2D eigenvalue weighted by Crippen LogP contribution is -2.37. The van der Waals surface area contributed by atoms with E-state index in [1.807, 2.05) is 0 Å². The SMILES string of the molecule is C[C@@H]1C[C@@H](C(F)(F)F)n2nc(C(=O)OCC(=O)c3ccc(Cl)cc3)cc2N1. The van der Waals surface area contributed by atoms with Crippen LogP contribution in [0.1, 0.15) is 40.2 Å². The van der Waals surface area contributed by atoms with Gasteiger partial charge in [-0.2, -0.15) is 18.3 Å². The van der Waals surface area contributed by atoms with Gasteiger partial charge < -0.3 is 10.1 Å². The molecule has 3 rings (SSSR count). The molecule has 1 aliphatic heterocycles. The maximum Gasteiger partial charge on any atom is 0.410 e. The summed E-state index contributed by atoms with van der Waals surface area (Å²) in [4.78, 5) is 24.1. The van der Waals surface area contributed by atoms with Crippen molar-refractivity contribution in [1.82, 2.24) is 9.78 Å². The van der Waals surface area contributed by atoms with Crippen LogP contribution < -0.4 is 5.32 Å². The summed E-state index contributed by atoms with van der Waals surface area (Å²) in [6, 6.07) is 4.91. The average Bonchev–Trinajstić information content (AvgIpc) is 3.02. The van der Waals surface area contributed by atoms with E-state index in [0.717, 1.165) is 4.68 Å². The van der Waals surface area contributed by atoms with Crippen molar-refractivity contribution in [1.29, 1.82) is 0 Å². The number of fused-ring (bicyclic) bond motifs is 1. The van der Waals surface area contributed by atoms with Crippen LogP contribution in [0.25, 0.3) is 0 Å². The Morgan fingerprint density at radius 2 is 2.00 bits per heavy atom. The van der Waals surface area contributed by atoms with Gasteiger partial charge in [0.15, 0.2) is 24.1 Å². The smallest absolute Gasteiger partial charge is 0.410 e. The summed E-state index contributed by atoms with van der Waals surface area (Å²) in [5.41, 5.74) is -0.00582. The highest BCUT2D eigenvalue weighted by molar-refractivity contribution is 6.30. The minimum Gasteiger partial charge on any atom is -0.453 e. The van der Waals surface area contributed by atoms with Crippen LogP contribution in [0, 0.1) is 0 Å². The minimum atomic E-state index is -4.50. The molecular weight excluding hydrogens is 387 g/mol. The number of carbonyl (C=O) groups excluding carboxylic acids is 2. The number of esters is 1. The summed E-state index contributed by atoms with van der Waals surface area (Å²) >= 11 is 5.73. The Morgan fingerprint density at radius 3 is 2.63 bits per heavy atom. The van der Waals surface area contributed by atoms with Crippen molar-refractivity contribution < 1.29 is 27.5 Å². The predicted molar refractivity (Wildman–Crippen MR) is 91.1 cm³/mol. The first-order chi connectivity index (χ1) is 12.6. The molecule has 1 aromatic heterocycles. The number of aromatic nitrogens is 2. The second-order valence-corrected chi connectivity index (χ2v) is 6.64. The summed E-state index contributed by atoms with van der Waals surface area (Å²) in [5, 5.41) is 7.02. The zero-order valence-corrected chi connectivity index (χ0v) is 14.8. The fraction of sp³-hybridized carbons (Fsp3) is 0.353. The number of alkyl halides is 3. The van der Waals surface area contributed by atoms with E-state index >= 15 is 0 Å². The van der Waals surface area contributed by atoms with Crippen LogP contribution in [0.3, 0.4) is 0 Å². The highest BCUT2D eigenvalue weighted by Crippen LogP contribution is 2.39. The van der Waals surface area contributed by atoms with Gasteiger partial charge in [0.1, 0.15) is 5.82 Å². The second-order valence-electron chi connectivity index (χ2n) is 6.20. The summed E-state index contributed by atoms with van der Waals surface area (Å²) in [6.07, 6.45) is -4.70. The van der Waals surface area contributed by atoms with Gasteiger partial charge in [0.2, 0.25) is 0 Å². The summed E-state index contributed by atoms with van der Waals surface area (Å²) < 4.78 is 45.3. The molecule has 0 radical (unpaired) electrons. The minimum absolute atomic E-state index is 0.0760. The van der Waals surface area contributed by atoms with Crippen LogP contribution >= 0.6 is 11.6 Å². The number of rotatable bonds is 4. The van der Waals surface area contributed by atoms with Crippen molar-refractivity contribution in [2.75, 3.05) is 11.9 Å². The molecule has 0 saturated carbocycles. The zero-order chi connectivity index (χ0) is 19.8. The van der Waals surface area contributed by atoms with Gasteiger partial charge in [-0.05, 0) is 37.6 Å². The molecule has 0 aliphatic carbocycles. The largest absolute Gasteiger partial charge is 0.453 e. The Hall–Kier alpha value is -2.55. The number of halogens is 4. The third-order valence-electron chi connectivity index (χ3n) is 4.09. The fourth-order valence-corrected chi connectivity index (χ4v) is 2.91. The average molecular weight is 402 g/mol. The third-order valence-corrected chi connectivity index (χ3v) is 4.34. The molecule has 1 aliphatic rings. The molecule has 2 heterocycles. The molecule has 27 heavy (non-hydrogen) atoms. The lowest BCUT2D eigenvalue weighted by atomic mass is 10.1. The second kappa shape index (κ2) is 7.22. The van der Waals surface area contributed by atoms with Crippen molar-refractivity contribution in [3.63, 3.8) is 0 Å². The molecule has 6 nitrogen and oxygen atoms in total. The first-order valence-electron chi connectivity index (χ1n) is 8.04. The molecule has 0 bridgehead atoms. The normalized spacial score (nSPS) is 19.1. The van der Waals surface area contributed by atoms with Crippen LogP contribution in [0.5, 0.6) is 0 Å². The van der Waals surface area contributed by atoms with E-state index in [0.29, 0.717) is 10.6 Å². The first-order valence-corrected chi connectivity index (χ1v) is 8.41. The van der Waals surface area contributed by atoms with E-state index in [2.05, 4.69) is 10.4 Å². The molecule has 0 unspecified atom stereocenters. The molecule has 144 valence electrons. The van der Waals surface area contributed by atoms with Gasteiger partial charge >= 0.3 is 12.1 Å². The van der Waals surface area contributed by atoms with E-state index in [1.54, 1.807) is 6.92 Å². The number of nitrogens with one attached hydrogen (secondary N) is 1. The monoisotopic (exact) mass is 401 g/mol. The number of anilines is 1. The van der Waals surface area contributed by atoms with Crippen LogP contribution in [0.15, 0.2) is 30.3 Å². The van der Waals surface area contributed by atoms with Gasteiger partial charge in [-0.3, -0.25) is 4.79 Å². The molecule has 10 heteroatoms. The maximum absolute atomic E-state index is 13.2. The van der Waals surface area contributed by atoms with Gasteiger partial charge in [-0.25, -0.2) is 9.48 Å². The quantitative estimate of drug-likeness (QED) is 0.621. The van der Waals surface area contributed by atoms with Crippen molar-refractivity contribution in [3.05, 3.63) is 46.6 Å². The number of ether oxygens (including phenoxy) is 1. The van der Waals surface area contributed by atoms with Crippen molar-refractivity contribution in [2.24, 2.45) is 0 Å². The molecule has 2 atom stereocenters. The Bertz CT molecular complexity index is 865. The van der Waals surface area contributed by atoms with Crippen LogP contribution in [0.2, 0.25) is 5.02 Å². The molecule has 0 amide bonds. The lowest BCUT2D eigenvalue weighted by Gasteiger charge is -2.31. The van der Waals surface area contributed by atoms with E-state index in [1.165, 1.54) is 30.3 Å². The zero-order valence-electron chi connectivity index (χ0n) is 14.1. The highest BCUT2D eigenvalue weighted by atomic mass is 35.5. The Morgan fingerprint density at radius 1 is 1.33 bits per heavy atom. The number of benzene rings is 1. The standard InChI is InChI=1S/C17H15ClF3N3O3/c1-9-6-14(17(19,20)21)24-15(22-9)7-12(23-24)16(26)27-8-13(25)10-2-4-11(18)5-3-10/h2-5,7,9,14,22H,6,8H2,1H3/t9-,14+/m1/s1. The number of hydrogen-bond acceptors (Lipinski definition) is 5. The molecule has 0 saturated heterocycles. The Labute approximate surface area is 157 Å². The van der Waals surface area contributed by atoms with E-state index in [4.69, 9.17) is 16.3 Å². The number of nitrogens with zero attached hydrogens (tertiary/aromatic N) is 2.